The Morgan fingerprint density at radius 2 is 2.00 bits per heavy atom. The van der Waals surface area contributed by atoms with Crippen LogP contribution in [0.25, 0.3) is 5.69 Å². The molecule has 2 amide bonds. The Morgan fingerprint density at radius 1 is 1.18 bits per heavy atom. The van der Waals surface area contributed by atoms with Crippen molar-refractivity contribution in [2.75, 3.05) is 13.1 Å². The number of hydrogen-bond acceptors (Lipinski definition) is 5. The number of rotatable bonds is 8. The molecule has 0 fully saturated rings. The Hall–Kier alpha value is -3.39. The van der Waals surface area contributed by atoms with Crippen LogP contribution in [0.4, 0.5) is 4.79 Å². The molecule has 0 spiro atoms. The highest BCUT2D eigenvalue weighted by Crippen LogP contribution is 2.15. The molecular formula is C24H28ClN5O3. The van der Waals surface area contributed by atoms with Gasteiger partial charge in [-0.2, -0.15) is 5.10 Å². The second-order valence-corrected chi connectivity index (χ2v) is 8.93. The van der Waals surface area contributed by atoms with E-state index in [0.717, 1.165) is 11.3 Å². The molecule has 174 valence electrons. The van der Waals surface area contributed by atoms with Gasteiger partial charge in [-0.3, -0.25) is 9.78 Å². The normalized spacial score (nSPS) is 11.2. The predicted molar refractivity (Wildman–Crippen MR) is 126 cm³/mol. The highest BCUT2D eigenvalue weighted by molar-refractivity contribution is 6.30. The van der Waals surface area contributed by atoms with Gasteiger partial charge in [0, 0.05) is 36.7 Å². The first-order valence-electron chi connectivity index (χ1n) is 10.7. The van der Waals surface area contributed by atoms with Gasteiger partial charge in [-0.05, 0) is 63.1 Å². The number of ether oxygens (including phenoxy) is 1. The average Bonchev–Trinajstić information content (AvgIpc) is 3.26. The summed E-state index contributed by atoms with van der Waals surface area (Å²) in [5, 5.41) is 7.76. The maximum absolute atomic E-state index is 12.6. The SMILES string of the molecule is CC(C)(C)OC(=O)N(CCCNC(=O)c1ccn(-c2cccc(Cl)c2)n1)Cc1cccnc1. The van der Waals surface area contributed by atoms with Crippen LogP contribution in [-0.4, -0.2) is 50.4 Å². The molecule has 3 aromatic rings. The summed E-state index contributed by atoms with van der Waals surface area (Å²) in [4.78, 5) is 30.8. The number of amides is 2. The Morgan fingerprint density at radius 3 is 2.70 bits per heavy atom. The Labute approximate surface area is 198 Å². The van der Waals surface area contributed by atoms with E-state index in [2.05, 4.69) is 15.4 Å². The molecule has 0 bridgehead atoms. The highest BCUT2D eigenvalue weighted by atomic mass is 35.5. The molecular weight excluding hydrogens is 442 g/mol. The second kappa shape index (κ2) is 11.0. The molecule has 8 nitrogen and oxygen atoms in total. The van der Waals surface area contributed by atoms with Crippen molar-refractivity contribution >= 4 is 23.6 Å². The molecule has 3 rings (SSSR count). The van der Waals surface area contributed by atoms with Crippen LogP contribution in [0.2, 0.25) is 5.02 Å². The van der Waals surface area contributed by atoms with E-state index in [1.165, 1.54) is 0 Å². The van der Waals surface area contributed by atoms with Gasteiger partial charge in [0.1, 0.15) is 5.60 Å². The number of aromatic nitrogens is 3. The number of carbonyl (C=O) groups excluding carboxylic acids is 2. The lowest BCUT2D eigenvalue weighted by molar-refractivity contribution is 0.0232. The van der Waals surface area contributed by atoms with Crippen LogP contribution >= 0.6 is 11.6 Å². The predicted octanol–water partition coefficient (Wildman–Crippen LogP) is 4.48. The maximum Gasteiger partial charge on any atom is 0.410 e. The summed E-state index contributed by atoms with van der Waals surface area (Å²) in [7, 11) is 0. The van der Waals surface area contributed by atoms with E-state index in [0.29, 0.717) is 36.8 Å². The fourth-order valence-corrected chi connectivity index (χ4v) is 3.23. The summed E-state index contributed by atoms with van der Waals surface area (Å²) in [6, 6.07) is 12.6. The molecule has 0 unspecified atom stereocenters. The average molecular weight is 470 g/mol. The lowest BCUT2D eigenvalue weighted by Gasteiger charge is -2.27. The van der Waals surface area contributed by atoms with Crippen LogP contribution in [-0.2, 0) is 11.3 Å². The smallest absolute Gasteiger partial charge is 0.410 e. The molecule has 0 aliphatic rings. The Balaban J connectivity index is 1.54. The van der Waals surface area contributed by atoms with Gasteiger partial charge in [0.2, 0.25) is 0 Å². The number of benzene rings is 1. The van der Waals surface area contributed by atoms with Crippen LogP contribution < -0.4 is 5.32 Å². The van der Waals surface area contributed by atoms with Gasteiger partial charge in [-0.15, -0.1) is 0 Å². The van der Waals surface area contributed by atoms with Crippen LogP contribution in [0.5, 0.6) is 0 Å². The molecule has 1 N–H and O–H groups in total. The van der Waals surface area contributed by atoms with Crippen molar-refractivity contribution in [1.82, 2.24) is 25.0 Å². The molecule has 1 aromatic carbocycles. The van der Waals surface area contributed by atoms with E-state index in [1.54, 1.807) is 46.4 Å². The van der Waals surface area contributed by atoms with Crippen molar-refractivity contribution in [2.45, 2.75) is 39.3 Å². The van der Waals surface area contributed by atoms with Crippen molar-refractivity contribution in [2.24, 2.45) is 0 Å². The van der Waals surface area contributed by atoms with Crippen molar-refractivity contribution in [3.8, 4) is 5.69 Å². The molecule has 9 heteroatoms. The van der Waals surface area contributed by atoms with Crippen molar-refractivity contribution in [3.05, 3.63) is 77.3 Å². The molecule has 33 heavy (non-hydrogen) atoms. The van der Waals surface area contributed by atoms with Gasteiger partial charge in [0.05, 0.1) is 12.2 Å². The zero-order valence-electron chi connectivity index (χ0n) is 19.0. The first-order valence-corrected chi connectivity index (χ1v) is 11.1. The first-order chi connectivity index (χ1) is 15.7. The fourth-order valence-electron chi connectivity index (χ4n) is 3.04. The maximum atomic E-state index is 12.6. The van der Waals surface area contributed by atoms with E-state index in [4.69, 9.17) is 16.3 Å². The van der Waals surface area contributed by atoms with Gasteiger partial charge in [-0.1, -0.05) is 23.7 Å². The van der Waals surface area contributed by atoms with Gasteiger partial charge < -0.3 is 15.0 Å². The topological polar surface area (TPSA) is 89.4 Å². The molecule has 0 saturated heterocycles. The lowest BCUT2D eigenvalue weighted by Crippen LogP contribution is -2.38. The summed E-state index contributed by atoms with van der Waals surface area (Å²) in [6.07, 6.45) is 5.26. The highest BCUT2D eigenvalue weighted by Gasteiger charge is 2.22. The summed E-state index contributed by atoms with van der Waals surface area (Å²) in [5.41, 5.74) is 1.37. The van der Waals surface area contributed by atoms with Crippen molar-refractivity contribution in [1.29, 1.82) is 0 Å². The van der Waals surface area contributed by atoms with Crippen LogP contribution in [0.3, 0.4) is 0 Å². The summed E-state index contributed by atoms with van der Waals surface area (Å²) in [5.74, 6) is -0.285. The van der Waals surface area contributed by atoms with E-state index < -0.39 is 11.7 Å². The van der Waals surface area contributed by atoms with Gasteiger partial charge in [0.25, 0.3) is 5.91 Å². The standard InChI is InChI=1S/C24H28ClN5O3/c1-24(2,3)33-23(32)29(17-18-7-5-11-26-16-18)13-6-12-27-22(31)21-10-14-30(28-21)20-9-4-8-19(25)15-20/h4-5,7-11,14-16H,6,12-13,17H2,1-3H3,(H,27,31). The largest absolute Gasteiger partial charge is 0.444 e. The Bertz CT molecular complexity index is 1080. The van der Waals surface area contributed by atoms with Crippen LogP contribution in [0.1, 0.15) is 43.2 Å². The third-order valence-corrected chi connectivity index (χ3v) is 4.77. The molecule has 0 aliphatic carbocycles. The van der Waals surface area contributed by atoms with E-state index in [1.807, 2.05) is 45.0 Å². The summed E-state index contributed by atoms with van der Waals surface area (Å²) >= 11 is 6.02. The van der Waals surface area contributed by atoms with Gasteiger partial charge >= 0.3 is 6.09 Å². The number of pyridine rings is 1. The van der Waals surface area contributed by atoms with Crippen molar-refractivity contribution in [3.63, 3.8) is 0 Å². The summed E-state index contributed by atoms with van der Waals surface area (Å²) < 4.78 is 7.13. The molecule has 2 aromatic heterocycles. The molecule has 0 atom stereocenters. The Kier molecular flexibility index (Phi) is 8.06. The number of nitrogens with one attached hydrogen (secondary N) is 1. The quantitative estimate of drug-likeness (QED) is 0.491. The first kappa shape index (κ1) is 24.3. The van der Waals surface area contributed by atoms with E-state index in [9.17, 15) is 9.59 Å². The number of carbonyl (C=O) groups is 2. The monoisotopic (exact) mass is 469 g/mol. The minimum atomic E-state index is -0.597. The van der Waals surface area contributed by atoms with Crippen molar-refractivity contribution < 1.29 is 14.3 Å². The summed E-state index contributed by atoms with van der Waals surface area (Å²) in [6.45, 7) is 6.67. The zero-order valence-corrected chi connectivity index (χ0v) is 19.7. The molecule has 0 aliphatic heterocycles. The number of halogens is 1. The molecule has 0 radical (unpaired) electrons. The third kappa shape index (κ3) is 7.61. The fraction of sp³-hybridized carbons (Fsp3) is 0.333. The lowest BCUT2D eigenvalue weighted by atomic mass is 10.2. The van der Waals surface area contributed by atoms with E-state index >= 15 is 0 Å². The van der Waals surface area contributed by atoms with Gasteiger partial charge in [-0.25, -0.2) is 9.48 Å². The van der Waals surface area contributed by atoms with Crippen LogP contribution in [0.15, 0.2) is 61.1 Å². The molecule has 2 heterocycles. The molecule has 0 saturated carbocycles. The minimum Gasteiger partial charge on any atom is -0.444 e. The second-order valence-electron chi connectivity index (χ2n) is 8.50. The number of nitrogens with zero attached hydrogens (tertiary/aromatic N) is 4. The number of hydrogen-bond donors (Lipinski definition) is 1. The minimum absolute atomic E-state index is 0.285. The van der Waals surface area contributed by atoms with Crippen LogP contribution in [0, 0.1) is 0 Å². The van der Waals surface area contributed by atoms with E-state index in [-0.39, 0.29) is 5.91 Å². The zero-order chi connectivity index (χ0) is 23.8. The third-order valence-electron chi connectivity index (χ3n) is 4.53. The van der Waals surface area contributed by atoms with Gasteiger partial charge in [0.15, 0.2) is 5.69 Å².